The van der Waals surface area contributed by atoms with Crippen LogP contribution in [0.25, 0.3) is 0 Å². The first-order valence-corrected chi connectivity index (χ1v) is 6.54. The van der Waals surface area contributed by atoms with E-state index >= 15 is 0 Å². The van der Waals surface area contributed by atoms with E-state index < -0.39 is 29.5 Å². The van der Waals surface area contributed by atoms with Gasteiger partial charge >= 0.3 is 12.3 Å². The van der Waals surface area contributed by atoms with Crippen LogP contribution in [-0.2, 0) is 15.7 Å². The first kappa shape index (κ1) is 18.0. The van der Waals surface area contributed by atoms with E-state index in [1.807, 2.05) is 0 Å². The lowest BCUT2D eigenvalue weighted by molar-refractivity contribution is -0.137. The molecule has 0 saturated carbocycles. The zero-order valence-corrected chi connectivity index (χ0v) is 12.8. The predicted molar refractivity (Wildman–Crippen MR) is 74.2 cm³/mol. The van der Waals surface area contributed by atoms with Crippen LogP contribution in [-0.4, -0.2) is 29.9 Å². The zero-order chi connectivity index (χ0) is 17.1. The number of amides is 1. The van der Waals surface area contributed by atoms with Crippen LogP contribution >= 0.6 is 0 Å². The Kier molecular flexibility index (Phi) is 5.22. The maximum Gasteiger partial charge on any atom is 0.416 e. The molecule has 1 aromatic carbocycles. The molecule has 1 atom stereocenters. The van der Waals surface area contributed by atoms with Crippen molar-refractivity contribution in [1.82, 2.24) is 4.90 Å². The molecule has 122 valence electrons. The van der Waals surface area contributed by atoms with Gasteiger partial charge in [-0.3, -0.25) is 4.90 Å². The Morgan fingerprint density at radius 2 is 1.86 bits per heavy atom. The van der Waals surface area contributed by atoms with Gasteiger partial charge in [-0.1, -0.05) is 12.1 Å². The number of aldehydes is 1. The van der Waals surface area contributed by atoms with Crippen LogP contribution < -0.4 is 0 Å². The molecule has 1 amide bonds. The second kappa shape index (κ2) is 6.37. The molecule has 0 saturated heterocycles. The molecule has 7 heteroatoms. The molecule has 0 aliphatic carbocycles. The van der Waals surface area contributed by atoms with Gasteiger partial charge in [-0.2, -0.15) is 13.2 Å². The number of carbonyl (C=O) groups is 2. The molecule has 1 unspecified atom stereocenters. The molecular weight excluding hydrogens is 299 g/mol. The fraction of sp³-hybridized carbons (Fsp3) is 0.467. The third-order valence-corrected chi connectivity index (χ3v) is 2.78. The molecular formula is C15H18F3NO3. The minimum Gasteiger partial charge on any atom is -0.444 e. The quantitative estimate of drug-likeness (QED) is 0.796. The van der Waals surface area contributed by atoms with Crippen molar-refractivity contribution in [1.29, 1.82) is 0 Å². The highest BCUT2D eigenvalue weighted by molar-refractivity contribution is 5.74. The Morgan fingerprint density at radius 3 is 2.32 bits per heavy atom. The Hall–Kier alpha value is -2.05. The number of ether oxygens (including phenoxy) is 1. The van der Waals surface area contributed by atoms with E-state index in [4.69, 9.17) is 4.74 Å². The number of benzene rings is 1. The topological polar surface area (TPSA) is 46.6 Å². The Morgan fingerprint density at radius 1 is 1.27 bits per heavy atom. The third-order valence-electron chi connectivity index (χ3n) is 2.78. The number of alkyl halides is 3. The van der Waals surface area contributed by atoms with Gasteiger partial charge in [0, 0.05) is 7.05 Å². The van der Waals surface area contributed by atoms with Gasteiger partial charge < -0.3 is 9.53 Å². The summed E-state index contributed by atoms with van der Waals surface area (Å²) in [5, 5.41) is 0. The number of hydrogen-bond donors (Lipinski definition) is 0. The lowest BCUT2D eigenvalue weighted by Crippen LogP contribution is -2.37. The van der Waals surface area contributed by atoms with Gasteiger partial charge in [0.15, 0.2) is 0 Å². The number of likely N-dealkylation sites (N-methyl/N-ethyl adjacent to an activating group) is 1. The predicted octanol–water partition coefficient (Wildman–Crippen LogP) is 3.81. The molecule has 1 rings (SSSR count). The van der Waals surface area contributed by atoms with Crippen molar-refractivity contribution >= 4 is 12.4 Å². The van der Waals surface area contributed by atoms with Gasteiger partial charge in [-0.15, -0.1) is 0 Å². The van der Waals surface area contributed by atoms with Gasteiger partial charge in [0.05, 0.1) is 5.56 Å². The van der Waals surface area contributed by atoms with Crippen molar-refractivity contribution in [3.63, 3.8) is 0 Å². The van der Waals surface area contributed by atoms with Crippen LogP contribution in [0.1, 0.15) is 37.9 Å². The second-order valence-electron chi connectivity index (χ2n) is 5.80. The van der Waals surface area contributed by atoms with E-state index in [9.17, 15) is 22.8 Å². The van der Waals surface area contributed by atoms with Gasteiger partial charge in [0.25, 0.3) is 0 Å². The van der Waals surface area contributed by atoms with E-state index in [0.717, 1.165) is 17.0 Å². The normalized spacial score (nSPS) is 13.4. The number of nitrogens with zero attached hydrogens (tertiary/aromatic N) is 1. The number of rotatable bonds is 3. The summed E-state index contributed by atoms with van der Waals surface area (Å²) in [5.41, 5.74) is -1.58. The number of halogens is 3. The van der Waals surface area contributed by atoms with Gasteiger partial charge in [-0.05, 0) is 38.5 Å². The first-order chi connectivity index (χ1) is 9.95. The summed E-state index contributed by atoms with van der Waals surface area (Å²) in [5.74, 6) is 0. The lowest BCUT2D eigenvalue weighted by atomic mass is 10.0. The van der Waals surface area contributed by atoms with Gasteiger partial charge in [-0.25, -0.2) is 4.79 Å². The van der Waals surface area contributed by atoms with Crippen molar-refractivity contribution in [2.75, 3.05) is 7.05 Å². The molecule has 0 N–H and O–H groups in total. The molecule has 0 aromatic heterocycles. The summed E-state index contributed by atoms with van der Waals surface area (Å²) < 4.78 is 43.3. The molecule has 0 radical (unpaired) electrons. The molecule has 0 spiro atoms. The fourth-order valence-corrected chi connectivity index (χ4v) is 1.74. The van der Waals surface area contributed by atoms with Gasteiger partial charge in [0.1, 0.15) is 17.9 Å². The second-order valence-corrected chi connectivity index (χ2v) is 5.80. The minimum absolute atomic E-state index is 0.0678. The van der Waals surface area contributed by atoms with Crippen LogP contribution in [0.5, 0.6) is 0 Å². The van der Waals surface area contributed by atoms with Crippen molar-refractivity contribution in [2.24, 2.45) is 0 Å². The van der Waals surface area contributed by atoms with Crippen molar-refractivity contribution in [3.8, 4) is 0 Å². The molecule has 1 aromatic rings. The summed E-state index contributed by atoms with van der Waals surface area (Å²) in [6.07, 6.45) is -4.91. The van der Waals surface area contributed by atoms with E-state index in [-0.39, 0.29) is 5.56 Å². The lowest BCUT2D eigenvalue weighted by Gasteiger charge is -2.28. The monoisotopic (exact) mass is 317 g/mol. The first-order valence-electron chi connectivity index (χ1n) is 6.54. The SMILES string of the molecule is CN(C(=O)OC(C)(C)C)C(C=O)c1cccc(C(F)(F)F)c1. The molecule has 0 heterocycles. The maximum absolute atomic E-state index is 12.7. The summed E-state index contributed by atoms with van der Waals surface area (Å²) in [4.78, 5) is 24.2. The fourth-order valence-electron chi connectivity index (χ4n) is 1.74. The Balaban J connectivity index is 3.06. The summed E-state index contributed by atoms with van der Waals surface area (Å²) >= 11 is 0. The molecule has 0 aliphatic heterocycles. The zero-order valence-electron chi connectivity index (χ0n) is 12.8. The van der Waals surface area contributed by atoms with Crippen LogP contribution in [0.15, 0.2) is 24.3 Å². The molecule has 22 heavy (non-hydrogen) atoms. The highest BCUT2D eigenvalue weighted by Crippen LogP contribution is 2.31. The van der Waals surface area contributed by atoms with Crippen LogP contribution in [0, 0.1) is 0 Å². The largest absolute Gasteiger partial charge is 0.444 e. The van der Waals surface area contributed by atoms with Crippen molar-refractivity contribution < 1.29 is 27.5 Å². The average molecular weight is 317 g/mol. The summed E-state index contributed by atoms with van der Waals surface area (Å²) in [6.45, 7) is 4.96. The molecule has 0 bridgehead atoms. The van der Waals surface area contributed by atoms with Crippen LogP contribution in [0.4, 0.5) is 18.0 Å². The summed E-state index contributed by atoms with van der Waals surface area (Å²) in [6, 6.07) is 3.14. The van der Waals surface area contributed by atoms with Crippen molar-refractivity contribution in [2.45, 2.75) is 38.6 Å². The van der Waals surface area contributed by atoms with E-state index in [0.29, 0.717) is 6.29 Å². The summed E-state index contributed by atoms with van der Waals surface area (Å²) in [7, 11) is 1.30. The molecule has 0 aliphatic rings. The number of hydrogen-bond acceptors (Lipinski definition) is 3. The average Bonchev–Trinajstić information content (AvgIpc) is 2.37. The Bertz CT molecular complexity index is 550. The highest BCUT2D eigenvalue weighted by atomic mass is 19.4. The van der Waals surface area contributed by atoms with E-state index in [1.165, 1.54) is 19.2 Å². The van der Waals surface area contributed by atoms with Crippen LogP contribution in [0.3, 0.4) is 0 Å². The molecule has 4 nitrogen and oxygen atoms in total. The maximum atomic E-state index is 12.7. The molecule has 0 fully saturated rings. The van der Waals surface area contributed by atoms with Crippen LogP contribution in [0.2, 0.25) is 0 Å². The van der Waals surface area contributed by atoms with Gasteiger partial charge in [0.2, 0.25) is 0 Å². The smallest absolute Gasteiger partial charge is 0.416 e. The van der Waals surface area contributed by atoms with Crippen molar-refractivity contribution in [3.05, 3.63) is 35.4 Å². The highest BCUT2D eigenvalue weighted by Gasteiger charge is 2.32. The Labute approximate surface area is 126 Å². The number of carbonyl (C=O) groups excluding carboxylic acids is 2. The minimum atomic E-state index is -4.52. The standard InChI is InChI=1S/C15H18F3NO3/c1-14(2,3)22-13(21)19(4)12(9-20)10-6-5-7-11(8-10)15(16,17)18/h5-9,12H,1-4H3. The van der Waals surface area contributed by atoms with E-state index in [2.05, 4.69) is 0 Å². The van der Waals surface area contributed by atoms with E-state index in [1.54, 1.807) is 20.8 Å². The third kappa shape index (κ3) is 4.75.